The van der Waals surface area contributed by atoms with E-state index in [1.807, 2.05) is 12.1 Å². The molecule has 2 N–H and O–H groups in total. The highest BCUT2D eigenvalue weighted by atomic mass is 79.9. The zero-order valence-corrected chi connectivity index (χ0v) is 75.5. The van der Waals surface area contributed by atoms with Crippen LogP contribution in [0.2, 0.25) is 0 Å². The molecular weight excluding hydrogens is 1690 g/mol. The standard InChI is InChI=1S/C49H30N2O.C43H28N2.C29H40Br2/c1-2-8-36-33(7-1)23-34-14-13-29(24-39(34)36)30-15-19-44-40(25-30)41-26-31(16-20-45(41)50-44)32-17-21-47-42(27-32)37-9-3-5-11-46(37)51(47)35-18-22-49-43(28-35)38-10-4-6-12-48(38)52-49;1-2-9-33(10-3-1)45-42-13-7-6-12-35(42)39-26-30(18-21-43(39)45)29-17-20-41-38(25-29)37-24-28(16-19-40(37)44-41)27-14-15-32-22-31-8-4-5-11-34(31)36(32)23-27;1-3-5-7-9-11-13-19-29(20-14-12-10-8-6-4-2)27-21-23(30)15-17-25(27)26-18-16-24(31)22-28(26)29/h1-22,24-28,50H,23H2;1-21,23-26,44H,22H2;15-18,21-22H,3-14,19-20H2,1-2H3. The Labute approximate surface area is 764 Å². The van der Waals surface area contributed by atoms with Gasteiger partial charge in [-0.15, -0.1) is 0 Å². The van der Waals surface area contributed by atoms with Crippen molar-refractivity contribution < 1.29 is 4.42 Å². The molecule has 25 rings (SSSR count). The number of benzene rings is 17. The number of aromatic amines is 2. The van der Waals surface area contributed by atoms with E-state index < -0.39 is 0 Å². The van der Waals surface area contributed by atoms with Gasteiger partial charge >= 0.3 is 0 Å². The topological polar surface area (TPSA) is 54.6 Å². The Kier molecular flexibility index (Phi) is 20.8. The van der Waals surface area contributed by atoms with Crippen LogP contribution in [0.25, 0.3) is 198 Å². The summed E-state index contributed by atoms with van der Waals surface area (Å²) in [5, 5.41) is 12.3. The predicted octanol–water partition coefficient (Wildman–Crippen LogP) is 35.5. The number of halogens is 2. The molecule has 128 heavy (non-hydrogen) atoms. The van der Waals surface area contributed by atoms with Gasteiger partial charge < -0.3 is 23.5 Å². The first-order chi connectivity index (χ1) is 63.1. The first-order valence-corrected chi connectivity index (χ1v) is 47.9. The average Bonchev–Trinajstić information content (AvgIpc) is 1.56. The van der Waals surface area contributed by atoms with E-state index >= 15 is 0 Å². The number of hydrogen-bond acceptors (Lipinski definition) is 1. The Morgan fingerprint density at radius 3 is 1.11 bits per heavy atom. The lowest BCUT2D eigenvalue weighted by Crippen LogP contribution is -2.25. The molecule has 0 saturated carbocycles. The maximum atomic E-state index is 6.16. The fraction of sp³-hybridized carbons (Fsp3) is 0.157. The Morgan fingerprint density at radius 2 is 0.625 bits per heavy atom. The maximum absolute atomic E-state index is 6.16. The van der Waals surface area contributed by atoms with Crippen molar-refractivity contribution in [3.05, 3.63) is 394 Å². The second-order valence-corrected chi connectivity index (χ2v) is 37.8. The van der Waals surface area contributed by atoms with E-state index in [1.54, 1.807) is 11.1 Å². The molecule has 5 heterocycles. The third-order valence-corrected chi connectivity index (χ3v) is 29.3. The van der Waals surface area contributed by atoms with Crippen LogP contribution in [0, 0.1) is 0 Å². The van der Waals surface area contributed by atoms with Crippen molar-refractivity contribution in [2.45, 2.75) is 122 Å². The molecule has 0 atom stereocenters. The summed E-state index contributed by atoms with van der Waals surface area (Å²) in [5.41, 5.74) is 40.8. The van der Waals surface area contributed by atoms with Crippen LogP contribution in [-0.4, -0.2) is 19.1 Å². The zero-order valence-electron chi connectivity index (χ0n) is 72.4. The molecule has 22 aromatic rings. The van der Waals surface area contributed by atoms with Crippen LogP contribution in [-0.2, 0) is 18.3 Å². The van der Waals surface area contributed by atoms with Gasteiger partial charge in [-0.05, 0) is 295 Å². The average molecular weight is 1780 g/mol. The number of furan rings is 1. The van der Waals surface area contributed by atoms with Gasteiger partial charge in [0.05, 0.1) is 22.1 Å². The second kappa shape index (κ2) is 33.5. The molecule has 17 aromatic carbocycles. The van der Waals surface area contributed by atoms with Crippen molar-refractivity contribution in [3.8, 4) is 89.3 Å². The van der Waals surface area contributed by atoms with Gasteiger partial charge in [-0.2, -0.15) is 0 Å². The lowest BCUT2D eigenvalue weighted by Gasteiger charge is -2.33. The first kappa shape index (κ1) is 79.4. The number of nitrogens with one attached hydrogen (secondary N) is 2. The third-order valence-electron chi connectivity index (χ3n) is 28.3. The minimum absolute atomic E-state index is 0.174. The van der Waals surface area contributed by atoms with Gasteiger partial charge in [0.25, 0.3) is 0 Å². The Balaban J connectivity index is 0.000000114. The summed E-state index contributed by atoms with van der Waals surface area (Å²) in [6, 6.07) is 130. The molecule has 3 aliphatic carbocycles. The van der Waals surface area contributed by atoms with E-state index in [9.17, 15) is 0 Å². The number of nitrogens with zero attached hydrogens (tertiary/aromatic N) is 2. The number of unbranched alkanes of at least 4 members (excludes halogenated alkanes) is 10. The molecule has 0 aliphatic heterocycles. The summed E-state index contributed by atoms with van der Waals surface area (Å²) in [5.74, 6) is 0. The van der Waals surface area contributed by atoms with E-state index in [0.717, 1.165) is 57.0 Å². The van der Waals surface area contributed by atoms with Gasteiger partial charge in [-0.1, -0.05) is 317 Å². The summed E-state index contributed by atoms with van der Waals surface area (Å²) < 4.78 is 13.4. The number of aromatic nitrogens is 4. The SMILES string of the molecule is CCCCCCCCC1(CCCCCCCC)c2cc(Br)ccc2-c2ccc(Br)cc21.c1ccc(-n2c3ccccc3c3cc(-c4ccc5[nH]c6ccc(-c7ccc8c(c7)-c7ccccc7C8)cc6c5c4)ccc32)cc1.c1ccc2c(c1)Cc1ccc(-c3ccc4[nH]c5ccc(-c6ccc7c(c6)c6ccccc6n7-c6ccc7oc8ccccc8c7c6)cc5c4c3)cc1-2. The molecule has 5 aromatic heterocycles. The highest BCUT2D eigenvalue weighted by molar-refractivity contribution is 9.10. The maximum Gasteiger partial charge on any atom is 0.135 e. The molecule has 3 aliphatic rings. The first-order valence-electron chi connectivity index (χ1n) is 46.3. The van der Waals surface area contributed by atoms with Crippen molar-refractivity contribution in [1.82, 2.24) is 19.1 Å². The third kappa shape index (κ3) is 14.2. The van der Waals surface area contributed by atoms with Gasteiger partial charge in [0.1, 0.15) is 11.2 Å². The van der Waals surface area contributed by atoms with E-state index in [2.05, 4.69) is 405 Å². The summed E-state index contributed by atoms with van der Waals surface area (Å²) >= 11 is 7.57. The highest BCUT2D eigenvalue weighted by Crippen LogP contribution is 2.56. The second-order valence-electron chi connectivity index (χ2n) is 36.0. The summed E-state index contributed by atoms with van der Waals surface area (Å²) in [7, 11) is 0. The molecule has 0 saturated heterocycles. The van der Waals surface area contributed by atoms with Crippen LogP contribution in [0.4, 0.5) is 0 Å². The number of H-pyrrole nitrogens is 2. The fourth-order valence-electron chi connectivity index (χ4n) is 21.9. The molecule has 7 heteroatoms. The lowest BCUT2D eigenvalue weighted by molar-refractivity contribution is 0.397. The zero-order chi connectivity index (χ0) is 85.5. The van der Waals surface area contributed by atoms with E-state index in [-0.39, 0.29) is 5.41 Å². The monoisotopic (exact) mass is 1780 g/mol. The molecule has 0 unspecified atom stereocenters. The van der Waals surface area contributed by atoms with Crippen molar-refractivity contribution >= 4 is 141 Å². The van der Waals surface area contributed by atoms with Crippen molar-refractivity contribution in [3.63, 3.8) is 0 Å². The lowest BCUT2D eigenvalue weighted by atomic mass is 9.70. The summed E-state index contributed by atoms with van der Waals surface area (Å²) in [4.78, 5) is 7.34. The van der Waals surface area contributed by atoms with Crippen LogP contribution in [0.5, 0.6) is 0 Å². The quantitative estimate of drug-likeness (QED) is 0.0734. The number of hydrogen-bond donors (Lipinski definition) is 2. The van der Waals surface area contributed by atoms with Crippen LogP contribution in [0.15, 0.2) is 365 Å². The van der Waals surface area contributed by atoms with E-state index in [4.69, 9.17) is 4.42 Å². The Morgan fingerprint density at radius 1 is 0.258 bits per heavy atom. The number of para-hydroxylation sites is 4. The van der Waals surface area contributed by atoms with Gasteiger partial charge in [-0.25, -0.2) is 0 Å². The minimum Gasteiger partial charge on any atom is -0.456 e. The largest absolute Gasteiger partial charge is 0.456 e. The summed E-state index contributed by atoms with van der Waals surface area (Å²) in [6.45, 7) is 4.61. The van der Waals surface area contributed by atoms with E-state index in [1.165, 1.54) is 275 Å². The normalized spacial score (nSPS) is 12.8. The minimum atomic E-state index is 0.174. The number of fused-ring (bicyclic) bond motifs is 24. The molecular formula is C121H98Br2N4O. The fourth-order valence-corrected chi connectivity index (χ4v) is 22.7. The highest BCUT2D eigenvalue weighted by Gasteiger charge is 2.43. The molecule has 5 nitrogen and oxygen atoms in total. The van der Waals surface area contributed by atoms with Crippen LogP contribution in [0.3, 0.4) is 0 Å². The van der Waals surface area contributed by atoms with Gasteiger partial charge in [0.15, 0.2) is 0 Å². The van der Waals surface area contributed by atoms with Crippen molar-refractivity contribution in [2.75, 3.05) is 0 Å². The van der Waals surface area contributed by atoms with Crippen LogP contribution in [0.1, 0.15) is 137 Å². The molecule has 622 valence electrons. The van der Waals surface area contributed by atoms with Crippen LogP contribution < -0.4 is 0 Å². The van der Waals surface area contributed by atoms with Crippen LogP contribution >= 0.6 is 31.9 Å². The smallest absolute Gasteiger partial charge is 0.135 e. The molecule has 0 spiro atoms. The molecule has 0 fully saturated rings. The van der Waals surface area contributed by atoms with Gasteiger partial charge in [0, 0.05) is 102 Å². The Bertz CT molecular complexity index is 8030. The van der Waals surface area contributed by atoms with Gasteiger partial charge in [-0.3, -0.25) is 0 Å². The predicted molar refractivity (Wildman–Crippen MR) is 550 cm³/mol. The molecule has 0 bridgehead atoms. The molecule has 0 radical (unpaired) electrons. The van der Waals surface area contributed by atoms with Crippen molar-refractivity contribution in [1.29, 1.82) is 0 Å². The van der Waals surface area contributed by atoms with Crippen molar-refractivity contribution in [2.24, 2.45) is 0 Å². The van der Waals surface area contributed by atoms with E-state index in [0.29, 0.717) is 0 Å². The number of rotatable bonds is 20. The molecule has 0 amide bonds. The Hall–Kier alpha value is -13.3. The summed E-state index contributed by atoms with van der Waals surface area (Å²) in [6.07, 6.45) is 21.0. The van der Waals surface area contributed by atoms with Gasteiger partial charge in [0.2, 0.25) is 0 Å².